The number of ether oxygens (including phenoxy) is 2. The molecule has 2 N–H and O–H groups in total. The third-order valence-corrected chi connectivity index (χ3v) is 3.97. The third-order valence-electron chi connectivity index (χ3n) is 3.34. The Morgan fingerprint density at radius 1 is 1.09 bits per heavy atom. The van der Waals surface area contributed by atoms with Crippen LogP contribution in [0.1, 0.15) is 5.56 Å². The zero-order valence-corrected chi connectivity index (χ0v) is 13.6. The number of para-hydroxylation sites is 1. The van der Waals surface area contributed by atoms with Gasteiger partial charge in [-0.1, -0.05) is 35.3 Å². The van der Waals surface area contributed by atoms with Crippen molar-refractivity contribution in [3.05, 3.63) is 52.0 Å². The highest BCUT2D eigenvalue weighted by Crippen LogP contribution is 2.32. The summed E-state index contributed by atoms with van der Waals surface area (Å²) in [6, 6.07) is 10.4. The minimum atomic E-state index is -0.360. The Balaban J connectivity index is 1.51. The van der Waals surface area contributed by atoms with Crippen molar-refractivity contribution in [2.45, 2.75) is 6.42 Å². The lowest BCUT2D eigenvalue weighted by Crippen LogP contribution is -2.30. The summed E-state index contributed by atoms with van der Waals surface area (Å²) >= 11 is 12.0. The second-order valence-electron chi connectivity index (χ2n) is 4.92. The van der Waals surface area contributed by atoms with Gasteiger partial charge >= 0.3 is 6.03 Å². The van der Waals surface area contributed by atoms with Gasteiger partial charge in [-0.25, -0.2) is 4.79 Å². The largest absolute Gasteiger partial charge is 0.454 e. The van der Waals surface area contributed by atoms with Crippen molar-refractivity contribution < 1.29 is 14.3 Å². The van der Waals surface area contributed by atoms with E-state index in [2.05, 4.69) is 10.6 Å². The van der Waals surface area contributed by atoms with Gasteiger partial charge in [0.2, 0.25) is 6.79 Å². The molecule has 0 fully saturated rings. The maximum atomic E-state index is 11.9. The summed E-state index contributed by atoms with van der Waals surface area (Å²) in [5.41, 5.74) is 1.45. The molecule has 1 aliphatic rings. The molecule has 0 bridgehead atoms. The summed E-state index contributed by atoms with van der Waals surface area (Å²) in [6.45, 7) is 0.714. The van der Waals surface area contributed by atoms with E-state index in [0.717, 1.165) is 17.1 Å². The van der Waals surface area contributed by atoms with Crippen LogP contribution in [0.5, 0.6) is 11.5 Å². The molecule has 0 radical (unpaired) electrons. The number of hydrogen-bond donors (Lipinski definition) is 2. The van der Waals surface area contributed by atoms with E-state index < -0.39 is 0 Å². The molecule has 2 aromatic rings. The Morgan fingerprint density at radius 3 is 2.61 bits per heavy atom. The zero-order chi connectivity index (χ0) is 16.2. The average Bonchev–Trinajstić information content (AvgIpc) is 2.99. The van der Waals surface area contributed by atoms with Crippen LogP contribution in [0.4, 0.5) is 10.5 Å². The first-order chi connectivity index (χ1) is 11.1. The van der Waals surface area contributed by atoms with Crippen LogP contribution in [0.15, 0.2) is 36.4 Å². The number of rotatable bonds is 4. The molecule has 0 aliphatic carbocycles. The number of amides is 2. The van der Waals surface area contributed by atoms with E-state index in [9.17, 15) is 4.79 Å². The first-order valence-corrected chi connectivity index (χ1v) is 7.76. The van der Waals surface area contributed by atoms with Gasteiger partial charge in [0.1, 0.15) is 0 Å². The highest BCUT2D eigenvalue weighted by molar-refractivity contribution is 6.39. The van der Waals surface area contributed by atoms with Crippen molar-refractivity contribution in [2.75, 3.05) is 18.7 Å². The summed E-state index contributed by atoms with van der Waals surface area (Å²) in [6.07, 6.45) is 0.667. The molecule has 0 unspecified atom stereocenters. The first kappa shape index (κ1) is 15.8. The number of hydrogen-bond acceptors (Lipinski definition) is 3. The lowest BCUT2D eigenvalue weighted by Gasteiger charge is -2.10. The van der Waals surface area contributed by atoms with Crippen LogP contribution in [0.3, 0.4) is 0 Å². The number of urea groups is 1. The molecule has 2 aromatic carbocycles. The molecular formula is C16H14Cl2N2O3. The summed E-state index contributed by atoms with van der Waals surface area (Å²) in [4.78, 5) is 11.9. The summed E-state index contributed by atoms with van der Waals surface area (Å²) in [5.74, 6) is 1.47. The van der Waals surface area contributed by atoms with Crippen LogP contribution in [0.25, 0.3) is 0 Å². The van der Waals surface area contributed by atoms with Gasteiger partial charge in [-0.05, 0) is 36.2 Å². The maximum absolute atomic E-state index is 11.9. The Hall–Kier alpha value is -2.11. The molecule has 1 aliphatic heterocycles. The van der Waals surface area contributed by atoms with Crippen molar-refractivity contribution in [1.29, 1.82) is 0 Å². The molecule has 5 nitrogen and oxygen atoms in total. The third kappa shape index (κ3) is 3.81. The highest BCUT2D eigenvalue weighted by Gasteiger charge is 2.13. The first-order valence-electron chi connectivity index (χ1n) is 7.01. The van der Waals surface area contributed by atoms with Crippen LogP contribution in [0.2, 0.25) is 10.0 Å². The van der Waals surface area contributed by atoms with E-state index in [0.29, 0.717) is 28.7 Å². The SMILES string of the molecule is O=C(NCCc1ccc2c(c1)OCO2)Nc1c(Cl)cccc1Cl. The van der Waals surface area contributed by atoms with Crippen molar-refractivity contribution >= 4 is 34.9 Å². The summed E-state index contributed by atoms with van der Waals surface area (Å²) in [5, 5.41) is 6.19. The molecule has 0 saturated heterocycles. The Morgan fingerprint density at radius 2 is 1.83 bits per heavy atom. The van der Waals surface area contributed by atoms with Gasteiger partial charge in [-0.2, -0.15) is 0 Å². The number of fused-ring (bicyclic) bond motifs is 1. The minimum Gasteiger partial charge on any atom is -0.454 e. The zero-order valence-electron chi connectivity index (χ0n) is 12.1. The number of anilines is 1. The van der Waals surface area contributed by atoms with E-state index in [1.165, 1.54) is 0 Å². The van der Waals surface area contributed by atoms with Crippen LogP contribution >= 0.6 is 23.2 Å². The molecule has 3 rings (SSSR count). The molecular weight excluding hydrogens is 339 g/mol. The van der Waals surface area contributed by atoms with E-state index in [1.54, 1.807) is 18.2 Å². The van der Waals surface area contributed by atoms with Crippen LogP contribution in [0, 0.1) is 0 Å². The van der Waals surface area contributed by atoms with Crippen molar-refractivity contribution in [2.24, 2.45) is 0 Å². The number of halogens is 2. The van der Waals surface area contributed by atoms with Gasteiger partial charge in [0, 0.05) is 6.54 Å². The van der Waals surface area contributed by atoms with Crippen molar-refractivity contribution in [3.8, 4) is 11.5 Å². The molecule has 0 aromatic heterocycles. The van der Waals surface area contributed by atoms with E-state index in [-0.39, 0.29) is 12.8 Å². The smallest absolute Gasteiger partial charge is 0.319 e. The average molecular weight is 353 g/mol. The fourth-order valence-corrected chi connectivity index (χ4v) is 2.68. The lowest BCUT2D eigenvalue weighted by atomic mass is 10.1. The molecule has 0 saturated carbocycles. The fourth-order valence-electron chi connectivity index (χ4n) is 2.19. The standard InChI is InChI=1S/C16H14Cl2N2O3/c17-11-2-1-3-12(18)15(11)20-16(21)19-7-6-10-4-5-13-14(8-10)23-9-22-13/h1-5,8H,6-7,9H2,(H2,19,20,21). The lowest BCUT2D eigenvalue weighted by molar-refractivity contribution is 0.174. The fraction of sp³-hybridized carbons (Fsp3) is 0.188. The van der Waals surface area contributed by atoms with Gasteiger partial charge in [0.25, 0.3) is 0 Å². The van der Waals surface area contributed by atoms with E-state index in [1.807, 2.05) is 18.2 Å². The second-order valence-corrected chi connectivity index (χ2v) is 5.73. The minimum absolute atomic E-state index is 0.248. The predicted molar refractivity (Wildman–Crippen MR) is 89.8 cm³/mol. The molecule has 7 heteroatoms. The monoisotopic (exact) mass is 352 g/mol. The Labute approximate surface area is 143 Å². The Bertz CT molecular complexity index is 717. The van der Waals surface area contributed by atoms with Gasteiger partial charge in [0.05, 0.1) is 15.7 Å². The van der Waals surface area contributed by atoms with Gasteiger partial charge in [-0.15, -0.1) is 0 Å². The van der Waals surface area contributed by atoms with Crippen LogP contribution in [-0.2, 0) is 6.42 Å². The van der Waals surface area contributed by atoms with Crippen molar-refractivity contribution in [3.63, 3.8) is 0 Å². The number of carbonyl (C=O) groups is 1. The quantitative estimate of drug-likeness (QED) is 0.871. The number of carbonyl (C=O) groups excluding carboxylic acids is 1. The summed E-state index contributed by atoms with van der Waals surface area (Å²) in [7, 11) is 0. The molecule has 2 amide bonds. The normalized spacial score (nSPS) is 12.1. The van der Waals surface area contributed by atoms with Crippen molar-refractivity contribution in [1.82, 2.24) is 5.32 Å². The van der Waals surface area contributed by atoms with Crippen LogP contribution in [-0.4, -0.2) is 19.4 Å². The predicted octanol–water partition coefficient (Wildman–Crippen LogP) is 4.09. The van der Waals surface area contributed by atoms with E-state index in [4.69, 9.17) is 32.7 Å². The van der Waals surface area contributed by atoms with Crippen LogP contribution < -0.4 is 20.1 Å². The number of nitrogens with one attached hydrogen (secondary N) is 2. The Kier molecular flexibility index (Phi) is 4.79. The molecule has 120 valence electrons. The molecule has 0 spiro atoms. The number of benzene rings is 2. The summed E-state index contributed by atoms with van der Waals surface area (Å²) < 4.78 is 10.6. The molecule has 0 atom stereocenters. The van der Waals surface area contributed by atoms with E-state index >= 15 is 0 Å². The van der Waals surface area contributed by atoms with Gasteiger partial charge in [0.15, 0.2) is 11.5 Å². The highest BCUT2D eigenvalue weighted by atomic mass is 35.5. The maximum Gasteiger partial charge on any atom is 0.319 e. The molecule has 1 heterocycles. The van der Waals surface area contributed by atoms with Gasteiger partial charge in [-0.3, -0.25) is 0 Å². The second kappa shape index (κ2) is 6.98. The topological polar surface area (TPSA) is 59.6 Å². The molecule has 23 heavy (non-hydrogen) atoms. The van der Waals surface area contributed by atoms with Gasteiger partial charge < -0.3 is 20.1 Å².